The quantitative estimate of drug-likeness (QED) is 0.721. The summed E-state index contributed by atoms with van der Waals surface area (Å²) in [5.74, 6) is 2.35. The van der Waals surface area contributed by atoms with Gasteiger partial charge >= 0.3 is 0 Å². The molecule has 0 amide bonds. The monoisotopic (exact) mass is 184 g/mol. The van der Waals surface area contributed by atoms with Crippen molar-refractivity contribution >= 4 is 12.6 Å². The molecule has 0 aliphatic heterocycles. The second-order valence-corrected chi connectivity index (χ2v) is 2.70. The Labute approximate surface area is 77.9 Å². The van der Waals surface area contributed by atoms with E-state index in [4.69, 9.17) is 9.47 Å². The predicted octanol–water partition coefficient (Wildman–Crippen LogP) is 2.00. The molecule has 3 heteroatoms. The van der Waals surface area contributed by atoms with Crippen LogP contribution in [0.15, 0.2) is 24.3 Å². The largest absolute Gasteiger partial charge is 0.497 e. The van der Waals surface area contributed by atoms with Crippen molar-refractivity contribution in [2.45, 2.75) is 0 Å². The molecule has 0 bridgehead atoms. The van der Waals surface area contributed by atoms with Crippen LogP contribution in [0.25, 0.3) is 0 Å². The van der Waals surface area contributed by atoms with Crippen LogP contribution in [0.1, 0.15) is 0 Å². The summed E-state index contributed by atoms with van der Waals surface area (Å²) >= 11 is 4.04. The molecule has 66 valence electrons. The van der Waals surface area contributed by atoms with Crippen molar-refractivity contribution in [2.24, 2.45) is 0 Å². The Balaban J connectivity index is 2.60. The van der Waals surface area contributed by atoms with Crippen LogP contribution in [0, 0.1) is 0 Å². The highest BCUT2D eigenvalue weighted by Gasteiger charge is 1.94. The molecule has 0 saturated carbocycles. The van der Waals surface area contributed by atoms with Gasteiger partial charge in [-0.1, -0.05) is 6.07 Å². The standard InChI is InChI=1S/C9H12O2S/c1-10-8-3-2-4-9(7-8)11-5-6-12/h2-4,7,12H,5-6H2,1H3. The third-order valence-corrected chi connectivity index (χ3v) is 1.58. The minimum atomic E-state index is 0.621. The molecule has 0 saturated heterocycles. The Morgan fingerprint density at radius 3 is 2.75 bits per heavy atom. The van der Waals surface area contributed by atoms with Crippen LogP contribution in [0.3, 0.4) is 0 Å². The Kier molecular flexibility index (Phi) is 3.80. The number of thiol groups is 1. The van der Waals surface area contributed by atoms with Crippen LogP contribution in [0.2, 0.25) is 0 Å². The summed E-state index contributed by atoms with van der Waals surface area (Å²) in [5, 5.41) is 0. The maximum Gasteiger partial charge on any atom is 0.123 e. The molecular formula is C9H12O2S. The zero-order valence-corrected chi connectivity index (χ0v) is 7.88. The molecule has 0 unspecified atom stereocenters. The van der Waals surface area contributed by atoms with Gasteiger partial charge in [0.15, 0.2) is 0 Å². The lowest BCUT2D eigenvalue weighted by Crippen LogP contribution is -1.97. The molecule has 0 heterocycles. The van der Waals surface area contributed by atoms with Crippen LogP contribution in [0.4, 0.5) is 0 Å². The zero-order chi connectivity index (χ0) is 8.81. The van der Waals surface area contributed by atoms with Gasteiger partial charge in [-0.15, -0.1) is 0 Å². The molecule has 0 atom stereocenters. The summed E-state index contributed by atoms with van der Waals surface area (Å²) in [6.07, 6.45) is 0. The lowest BCUT2D eigenvalue weighted by atomic mass is 10.3. The first-order valence-electron chi connectivity index (χ1n) is 3.74. The summed E-state index contributed by atoms with van der Waals surface area (Å²) in [7, 11) is 1.64. The number of methoxy groups -OCH3 is 1. The average Bonchev–Trinajstić information content (AvgIpc) is 2.15. The maximum atomic E-state index is 5.34. The Morgan fingerprint density at radius 2 is 2.08 bits per heavy atom. The van der Waals surface area contributed by atoms with Gasteiger partial charge in [-0.05, 0) is 12.1 Å². The van der Waals surface area contributed by atoms with E-state index >= 15 is 0 Å². The van der Waals surface area contributed by atoms with Crippen LogP contribution < -0.4 is 9.47 Å². The Bertz CT molecular complexity index is 238. The highest BCUT2D eigenvalue weighted by molar-refractivity contribution is 7.80. The highest BCUT2D eigenvalue weighted by atomic mass is 32.1. The van der Waals surface area contributed by atoms with E-state index in [-0.39, 0.29) is 0 Å². The molecular weight excluding hydrogens is 172 g/mol. The van der Waals surface area contributed by atoms with Gasteiger partial charge in [-0.25, -0.2) is 0 Å². The van der Waals surface area contributed by atoms with E-state index in [1.54, 1.807) is 7.11 Å². The topological polar surface area (TPSA) is 18.5 Å². The Morgan fingerprint density at radius 1 is 1.33 bits per heavy atom. The average molecular weight is 184 g/mol. The third kappa shape index (κ3) is 2.66. The first-order valence-corrected chi connectivity index (χ1v) is 4.38. The fourth-order valence-electron chi connectivity index (χ4n) is 0.854. The molecule has 0 aliphatic rings. The summed E-state index contributed by atoms with van der Waals surface area (Å²) in [4.78, 5) is 0. The first-order chi connectivity index (χ1) is 5.86. The second kappa shape index (κ2) is 4.93. The van der Waals surface area contributed by atoms with Gasteiger partial charge in [-0.3, -0.25) is 0 Å². The molecule has 1 aromatic carbocycles. The minimum Gasteiger partial charge on any atom is -0.497 e. The van der Waals surface area contributed by atoms with E-state index < -0.39 is 0 Å². The molecule has 1 rings (SSSR count). The van der Waals surface area contributed by atoms with Crippen LogP contribution in [0.5, 0.6) is 11.5 Å². The third-order valence-electron chi connectivity index (χ3n) is 1.40. The number of hydrogen-bond acceptors (Lipinski definition) is 3. The molecule has 2 nitrogen and oxygen atoms in total. The minimum absolute atomic E-state index is 0.621. The molecule has 0 N–H and O–H groups in total. The van der Waals surface area contributed by atoms with Crippen LogP contribution >= 0.6 is 12.6 Å². The van der Waals surface area contributed by atoms with Crippen molar-refractivity contribution in [3.63, 3.8) is 0 Å². The Hall–Kier alpha value is -0.830. The van der Waals surface area contributed by atoms with Gasteiger partial charge in [0, 0.05) is 11.8 Å². The van der Waals surface area contributed by atoms with Crippen molar-refractivity contribution < 1.29 is 9.47 Å². The number of rotatable bonds is 4. The van der Waals surface area contributed by atoms with Crippen molar-refractivity contribution in [3.05, 3.63) is 24.3 Å². The molecule has 1 aromatic rings. The zero-order valence-electron chi connectivity index (χ0n) is 6.99. The molecule has 12 heavy (non-hydrogen) atoms. The number of ether oxygens (including phenoxy) is 2. The fourth-order valence-corrected chi connectivity index (χ4v) is 0.946. The van der Waals surface area contributed by atoms with Crippen LogP contribution in [-0.4, -0.2) is 19.5 Å². The van der Waals surface area contributed by atoms with Crippen molar-refractivity contribution in [2.75, 3.05) is 19.5 Å². The highest BCUT2D eigenvalue weighted by Crippen LogP contribution is 2.18. The summed E-state index contributed by atoms with van der Waals surface area (Å²) in [6.45, 7) is 0.621. The van der Waals surface area contributed by atoms with E-state index in [2.05, 4.69) is 12.6 Å². The second-order valence-electron chi connectivity index (χ2n) is 2.25. The maximum absolute atomic E-state index is 5.34. The fraction of sp³-hybridized carbons (Fsp3) is 0.333. The SMILES string of the molecule is COc1cccc(OCCS)c1. The lowest BCUT2D eigenvalue weighted by molar-refractivity contribution is 0.340. The number of hydrogen-bond donors (Lipinski definition) is 1. The van der Waals surface area contributed by atoms with Gasteiger partial charge in [0.1, 0.15) is 11.5 Å². The molecule has 0 aromatic heterocycles. The molecule has 0 spiro atoms. The van der Waals surface area contributed by atoms with E-state index in [1.165, 1.54) is 0 Å². The van der Waals surface area contributed by atoms with Crippen LogP contribution in [-0.2, 0) is 0 Å². The van der Waals surface area contributed by atoms with Crippen molar-refractivity contribution in [3.8, 4) is 11.5 Å². The van der Waals surface area contributed by atoms with Gasteiger partial charge in [0.05, 0.1) is 13.7 Å². The van der Waals surface area contributed by atoms with Crippen molar-refractivity contribution in [1.82, 2.24) is 0 Å². The number of benzene rings is 1. The predicted molar refractivity (Wildman–Crippen MR) is 52.3 cm³/mol. The van der Waals surface area contributed by atoms with Gasteiger partial charge < -0.3 is 9.47 Å². The summed E-state index contributed by atoms with van der Waals surface area (Å²) < 4.78 is 10.4. The van der Waals surface area contributed by atoms with E-state index in [0.717, 1.165) is 17.3 Å². The molecule has 0 aliphatic carbocycles. The van der Waals surface area contributed by atoms with Crippen molar-refractivity contribution in [1.29, 1.82) is 0 Å². The summed E-state index contributed by atoms with van der Waals surface area (Å²) in [5.41, 5.74) is 0. The molecule has 0 fully saturated rings. The van der Waals surface area contributed by atoms with E-state index in [1.807, 2.05) is 24.3 Å². The van der Waals surface area contributed by atoms with E-state index in [9.17, 15) is 0 Å². The summed E-state index contributed by atoms with van der Waals surface area (Å²) in [6, 6.07) is 7.52. The van der Waals surface area contributed by atoms with E-state index in [0.29, 0.717) is 6.61 Å². The van der Waals surface area contributed by atoms with Gasteiger partial charge in [-0.2, -0.15) is 12.6 Å². The first kappa shape index (κ1) is 9.26. The lowest BCUT2D eigenvalue weighted by Gasteiger charge is -2.05. The smallest absolute Gasteiger partial charge is 0.123 e. The van der Waals surface area contributed by atoms with Gasteiger partial charge in [0.2, 0.25) is 0 Å². The normalized spacial score (nSPS) is 9.50. The van der Waals surface area contributed by atoms with Gasteiger partial charge in [0.25, 0.3) is 0 Å². The molecule has 0 radical (unpaired) electrons.